The van der Waals surface area contributed by atoms with Gasteiger partial charge in [0.15, 0.2) is 9.84 Å². The second-order valence-electron chi connectivity index (χ2n) is 5.60. The molecule has 110 valence electrons. The summed E-state index contributed by atoms with van der Waals surface area (Å²) in [5.74, 6) is -1.38. The van der Waals surface area contributed by atoms with Gasteiger partial charge in [-0.15, -0.1) is 0 Å². The molecule has 0 aliphatic carbocycles. The van der Waals surface area contributed by atoms with Crippen LogP contribution in [-0.4, -0.2) is 37.0 Å². The SMILES string of the molecule is Cc1cccc(CC2(C(=O)O)CCS(=O)(=O)CC2N)c1. The molecule has 1 aliphatic rings. The molecule has 3 N–H and O–H groups in total. The van der Waals surface area contributed by atoms with Crippen LogP contribution in [0.5, 0.6) is 0 Å². The second kappa shape index (κ2) is 5.18. The van der Waals surface area contributed by atoms with Gasteiger partial charge in [-0.1, -0.05) is 29.8 Å². The summed E-state index contributed by atoms with van der Waals surface area (Å²) in [6, 6.07) is 6.70. The van der Waals surface area contributed by atoms with Crippen molar-refractivity contribution in [1.29, 1.82) is 0 Å². The van der Waals surface area contributed by atoms with Crippen LogP contribution in [-0.2, 0) is 21.1 Å². The van der Waals surface area contributed by atoms with Gasteiger partial charge in [0.25, 0.3) is 0 Å². The fourth-order valence-electron chi connectivity index (χ4n) is 2.79. The number of sulfone groups is 1. The zero-order chi connectivity index (χ0) is 15.0. The van der Waals surface area contributed by atoms with Gasteiger partial charge in [-0.25, -0.2) is 8.42 Å². The Morgan fingerprint density at radius 1 is 1.50 bits per heavy atom. The number of carboxylic acids is 1. The van der Waals surface area contributed by atoms with Gasteiger partial charge in [0, 0.05) is 6.04 Å². The average molecular weight is 297 g/mol. The predicted molar refractivity (Wildman–Crippen MR) is 76.2 cm³/mol. The molecule has 2 atom stereocenters. The summed E-state index contributed by atoms with van der Waals surface area (Å²) in [5, 5.41) is 9.59. The first-order chi connectivity index (χ1) is 9.25. The van der Waals surface area contributed by atoms with E-state index >= 15 is 0 Å². The molecular weight excluding hydrogens is 278 g/mol. The van der Waals surface area contributed by atoms with Gasteiger partial charge in [0.2, 0.25) is 0 Å². The highest BCUT2D eigenvalue weighted by atomic mass is 32.2. The molecule has 0 bridgehead atoms. The summed E-state index contributed by atoms with van der Waals surface area (Å²) in [6.45, 7) is 1.93. The van der Waals surface area contributed by atoms with Gasteiger partial charge in [-0.05, 0) is 25.3 Å². The van der Waals surface area contributed by atoms with E-state index in [1.54, 1.807) is 0 Å². The number of rotatable bonds is 3. The number of nitrogens with two attached hydrogens (primary N) is 1. The molecule has 0 spiro atoms. The largest absolute Gasteiger partial charge is 0.481 e. The molecule has 1 heterocycles. The van der Waals surface area contributed by atoms with Gasteiger partial charge >= 0.3 is 5.97 Å². The van der Waals surface area contributed by atoms with Crippen molar-refractivity contribution in [3.63, 3.8) is 0 Å². The zero-order valence-corrected chi connectivity index (χ0v) is 12.2. The molecule has 1 aromatic rings. The zero-order valence-electron chi connectivity index (χ0n) is 11.4. The molecule has 2 unspecified atom stereocenters. The molecule has 0 saturated carbocycles. The lowest BCUT2D eigenvalue weighted by molar-refractivity contribution is -0.150. The van der Waals surface area contributed by atoms with Crippen LogP contribution in [0.1, 0.15) is 17.5 Å². The Morgan fingerprint density at radius 3 is 2.75 bits per heavy atom. The van der Waals surface area contributed by atoms with E-state index in [9.17, 15) is 18.3 Å². The highest BCUT2D eigenvalue weighted by Gasteiger charge is 2.49. The van der Waals surface area contributed by atoms with E-state index in [4.69, 9.17) is 5.73 Å². The van der Waals surface area contributed by atoms with E-state index in [0.717, 1.165) is 11.1 Å². The maximum atomic E-state index is 11.7. The lowest BCUT2D eigenvalue weighted by Crippen LogP contribution is -2.56. The molecule has 6 heteroatoms. The molecule has 20 heavy (non-hydrogen) atoms. The Balaban J connectivity index is 2.34. The number of aliphatic carboxylic acids is 1. The summed E-state index contributed by atoms with van der Waals surface area (Å²) in [6.07, 6.45) is 0.334. The molecule has 0 aromatic heterocycles. The van der Waals surface area contributed by atoms with E-state index in [1.165, 1.54) is 0 Å². The molecule has 1 saturated heterocycles. The van der Waals surface area contributed by atoms with Crippen LogP contribution in [0.25, 0.3) is 0 Å². The highest BCUT2D eigenvalue weighted by Crippen LogP contribution is 2.36. The van der Waals surface area contributed by atoms with Crippen LogP contribution in [0.2, 0.25) is 0 Å². The van der Waals surface area contributed by atoms with Crippen molar-refractivity contribution in [2.45, 2.75) is 25.8 Å². The van der Waals surface area contributed by atoms with Crippen LogP contribution in [0.4, 0.5) is 0 Å². The minimum Gasteiger partial charge on any atom is -0.481 e. The minimum absolute atomic E-state index is 0.0692. The Morgan fingerprint density at radius 2 is 2.20 bits per heavy atom. The van der Waals surface area contributed by atoms with Crippen molar-refractivity contribution >= 4 is 15.8 Å². The monoisotopic (exact) mass is 297 g/mol. The third kappa shape index (κ3) is 2.86. The van der Waals surface area contributed by atoms with E-state index in [1.807, 2.05) is 31.2 Å². The van der Waals surface area contributed by atoms with Crippen LogP contribution >= 0.6 is 0 Å². The van der Waals surface area contributed by atoms with Crippen molar-refractivity contribution in [2.75, 3.05) is 11.5 Å². The third-order valence-electron chi connectivity index (χ3n) is 4.03. The van der Waals surface area contributed by atoms with Crippen molar-refractivity contribution < 1.29 is 18.3 Å². The fourth-order valence-corrected chi connectivity index (χ4v) is 4.49. The molecule has 1 fully saturated rings. The van der Waals surface area contributed by atoms with Crippen LogP contribution in [0.15, 0.2) is 24.3 Å². The summed E-state index contributed by atoms with van der Waals surface area (Å²) < 4.78 is 23.2. The molecule has 0 radical (unpaired) electrons. The molecular formula is C14H19NO4S. The number of carboxylic acid groups (broad SMARTS) is 1. The first-order valence-corrected chi connectivity index (χ1v) is 8.32. The summed E-state index contributed by atoms with van der Waals surface area (Å²) in [7, 11) is -3.23. The number of hydrogen-bond donors (Lipinski definition) is 2. The highest BCUT2D eigenvalue weighted by molar-refractivity contribution is 7.91. The molecule has 5 nitrogen and oxygen atoms in total. The van der Waals surface area contributed by atoms with E-state index in [-0.39, 0.29) is 24.3 Å². The standard InChI is InChI=1S/C14H19NO4S/c1-10-3-2-4-11(7-10)8-14(13(16)17)5-6-20(18,19)9-12(14)15/h2-4,7,12H,5-6,8-9,15H2,1H3,(H,16,17). The molecule has 2 rings (SSSR count). The Bertz CT molecular complexity index is 626. The number of hydrogen-bond acceptors (Lipinski definition) is 4. The maximum absolute atomic E-state index is 11.7. The lowest BCUT2D eigenvalue weighted by atomic mass is 9.73. The van der Waals surface area contributed by atoms with E-state index < -0.39 is 27.3 Å². The Kier molecular flexibility index (Phi) is 3.88. The Labute approximate surface area is 118 Å². The lowest BCUT2D eigenvalue weighted by Gasteiger charge is -2.38. The summed E-state index contributed by atoms with van der Waals surface area (Å²) in [4.78, 5) is 11.7. The normalized spacial score (nSPS) is 29.0. The average Bonchev–Trinajstić information content (AvgIpc) is 2.32. The van der Waals surface area contributed by atoms with E-state index in [2.05, 4.69) is 0 Å². The van der Waals surface area contributed by atoms with Gasteiger partial charge in [-0.3, -0.25) is 4.79 Å². The van der Waals surface area contributed by atoms with Crippen LogP contribution < -0.4 is 5.73 Å². The maximum Gasteiger partial charge on any atom is 0.311 e. The molecule has 1 aromatic carbocycles. The fraction of sp³-hybridized carbons (Fsp3) is 0.500. The third-order valence-corrected chi connectivity index (χ3v) is 5.72. The van der Waals surface area contributed by atoms with Gasteiger partial charge < -0.3 is 10.8 Å². The van der Waals surface area contributed by atoms with Crippen molar-refractivity contribution in [1.82, 2.24) is 0 Å². The predicted octanol–water partition coefficient (Wildman–Crippen LogP) is 0.754. The topological polar surface area (TPSA) is 97.5 Å². The first kappa shape index (κ1) is 15.0. The summed E-state index contributed by atoms with van der Waals surface area (Å²) in [5.41, 5.74) is 6.64. The minimum atomic E-state index is -3.23. The molecule has 0 amide bonds. The number of aryl methyl sites for hydroxylation is 1. The quantitative estimate of drug-likeness (QED) is 0.858. The second-order valence-corrected chi connectivity index (χ2v) is 7.83. The smallest absolute Gasteiger partial charge is 0.311 e. The van der Waals surface area contributed by atoms with Crippen molar-refractivity contribution in [3.05, 3.63) is 35.4 Å². The van der Waals surface area contributed by atoms with Gasteiger partial charge in [-0.2, -0.15) is 0 Å². The van der Waals surface area contributed by atoms with Gasteiger partial charge in [0.1, 0.15) is 0 Å². The van der Waals surface area contributed by atoms with Crippen LogP contribution in [0.3, 0.4) is 0 Å². The van der Waals surface area contributed by atoms with Crippen LogP contribution in [0, 0.1) is 12.3 Å². The van der Waals surface area contributed by atoms with Crippen molar-refractivity contribution in [2.24, 2.45) is 11.1 Å². The van der Waals surface area contributed by atoms with Crippen molar-refractivity contribution in [3.8, 4) is 0 Å². The summed E-state index contributed by atoms with van der Waals surface area (Å²) >= 11 is 0. The Hall–Kier alpha value is -1.40. The number of carbonyl (C=O) groups is 1. The first-order valence-electron chi connectivity index (χ1n) is 6.50. The molecule has 1 aliphatic heterocycles. The number of benzene rings is 1. The van der Waals surface area contributed by atoms with E-state index in [0.29, 0.717) is 0 Å². The van der Waals surface area contributed by atoms with Gasteiger partial charge in [0.05, 0.1) is 16.9 Å².